The minimum atomic E-state index is -0.724. The molecule has 1 N–H and O–H groups in total. The SMILES string of the molecule is CCC1CCc2c(sc(NC(=O)C(C)n3cc([N+](=O)[O-])cn3)c2C#N)C1. The first kappa shape index (κ1) is 18.1. The first-order valence-corrected chi connectivity index (χ1v) is 9.30. The van der Waals surface area contributed by atoms with Gasteiger partial charge in [0.1, 0.15) is 29.5 Å². The molecule has 0 saturated heterocycles. The fourth-order valence-electron chi connectivity index (χ4n) is 3.18. The molecular weight excluding hydrogens is 354 g/mol. The Labute approximate surface area is 154 Å². The van der Waals surface area contributed by atoms with E-state index < -0.39 is 11.0 Å². The molecule has 1 amide bonds. The lowest BCUT2D eigenvalue weighted by Gasteiger charge is -2.20. The van der Waals surface area contributed by atoms with Gasteiger partial charge in [-0.1, -0.05) is 13.3 Å². The quantitative estimate of drug-likeness (QED) is 0.637. The van der Waals surface area contributed by atoms with E-state index in [1.54, 1.807) is 6.92 Å². The van der Waals surface area contributed by atoms with Gasteiger partial charge in [-0.15, -0.1) is 11.3 Å². The van der Waals surface area contributed by atoms with E-state index in [0.717, 1.165) is 37.4 Å². The predicted molar refractivity (Wildman–Crippen MR) is 97.1 cm³/mol. The molecule has 0 saturated carbocycles. The van der Waals surface area contributed by atoms with E-state index in [2.05, 4.69) is 23.4 Å². The van der Waals surface area contributed by atoms with Gasteiger partial charge >= 0.3 is 5.69 Å². The molecule has 2 atom stereocenters. The van der Waals surface area contributed by atoms with Crippen LogP contribution in [0.4, 0.5) is 10.7 Å². The zero-order chi connectivity index (χ0) is 18.8. The molecule has 2 aromatic heterocycles. The van der Waals surface area contributed by atoms with Crippen molar-refractivity contribution in [3.8, 4) is 6.07 Å². The molecule has 2 unspecified atom stereocenters. The molecule has 9 heteroatoms. The molecular formula is C17H19N5O3S. The summed E-state index contributed by atoms with van der Waals surface area (Å²) in [5, 5.41) is 27.6. The van der Waals surface area contributed by atoms with Gasteiger partial charge in [-0.25, -0.2) is 0 Å². The van der Waals surface area contributed by atoms with E-state index >= 15 is 0 Å². The van der Waals surface area contributed by atoms with Crippen molar-refractivity contribution >= 4 is 27.9 Å². The highest BCUT2D eigenvalue weighted by molar-refractivity contribution is 7.16. The van der Waals surface area contributed by atoms with Gasteiger partial charge < -0.3 is 5.32 Å². The Hall–Kier alpha value is -2.73. The molecule has 0 aromatic carbocycles. The number of hydrogen-bond acceptors (Lipinski definition) is 6. The van der Waals surface area contributed by atoms with E-state index in [0.29, 0.717) is 16.5 Å². The number of nitrogens with one attached hydrogen (secondary N) is 1. The van der Waals surface area contributed by atoms with Crippen molar-refractivity contribution in [2.75, 3.05) is 5.32 Å². The molecule has 136 valence electrons. The molecule has 1 aliphatic carbocycles. The smallest absolute Gasteiger partial charge is 0.307 e. The van der Waals surface area contributed by atoms with Crippen LogP contribution < -0.4 is 5.32 Å². The number of nitro groups is 1. The molecule has 8 nitrogen and oxygen atoms in total. The lowest BCUT2D eigenvalue weighted by molar-refractivity contribution is -0.385. The van der Waals surface area contributed by atoms with Gasteiger partial charge in [0, 0.05) is 4.88 Å². The molecule has 2 heterocycles. The summed E-state index contributed by atoms with van der Waals surface area (Å²) in [5.74, 6) is 0.268. The Morgan fingerprint density at radius 2 is 2.42 bits per heavy atom. The number of carbonyl (C=O) groups excluding carboxylic acids is 1. The van der Waals surface area contributed by atoms with Crippen LogP contribution in [0.25, 0.3) is 0 Å². The van der Waals surface area contributed by atoms with E-state index in [1.807, 2.05) is 0 Å². The van der Waals surface area contributed by atoms with Crippen molar-refractivity contribution in [2.24, 2.45) is 5.92 Å². The standard InChI is InChI=1S/C17H19N5O3S/c1-3-11-4-5-13-14(7-18)17(26-15(13)6-11)20-16(23)10(2)21-9-12(8-19-21)22(24)25/h8-11H,3-6H2,1-2H3,(H,20,23). The Balaban J connectivity index is 1.80. The van der Waals surface area contributed by atoms with Crippen LogP contribution in [0.1, 0.15) is 48.7 Å². The van der Waals surface area contributed by atoms with Gasteiger partial charge in [-0.05, 0) is 37.7 Å². The van der Waals surface area contributed by atoms with Crippen molar-refractivity contribution in [3.63, 3.8) is 0 Å². The Bertz CT molecular complexity index is 895. The van der Waals surface area contributed by atoms with Crippen LogP contribution in [0.5, 0.6) is 0 Å². The minimum absolute atomic E-state index is 0.167. The monoisotopic (exact) mass is 373 g/mol. The zero-order valence-corrected chi connectivity index (χ0v) is 15.4. The van der Waals surface area contributed by atoms with Crippen molar-refractivity contribution in [1.29, 1.82) is 5.26 Å². The number of aromatic nitrogens is 2. The maximum Gasteiger partial charge on any atom is 0.307 e. The highest BCUT2D eigenvalue weighted by Crippen LogP contribution is 2.40. The lowest BCUT2D eigenvalue weighted by atomic mass is 9.86. The summed E-state index contributed by atoms with van der Waals surface area (Å²) in [6, 6.07) is 1.50. The number of hydrogen-bond donors (Lipinski definition) is 1. The van der Waals surface area contributed by atoms with Crippen LogP contribution in [0.15, 0.2) is 12.4 Å². The van der Waals surface area contributed by atoms with Crippen LogP contribution in [0.3, 0.4) is 0 Å². The van der Waals surface area contributed by atoms with E-state index in [-0.39, 0.29) is 11.6 Å². The van der Waals surface area contributed by atoms with Crippen molar-refractivity contribution < 1.29 is 9.72 Å². The van der Waals surface area contributed by atoms with Gasteiger partial charge in [0.2, 0.25) is 5.91 Å². The van der Waals surface area contributed by atoms with Crippen molar-refractivity contribution in [2.45, 2.75) is 45.6 Å². The summed E-state index contributed by atoms with van der Waals surface area (Å²) in [6.07, 6.45) is 6.32. The molecule has 0 radical (unpaired) electrons. The number of fused-ring (bicyclic) bond motifs is 1. The third-order valence-electron chi connectivity index (χ3n) is 4.87. The van der Waals surface area contributed by atoms with E-state index in [1.165, 1.54) is 27.1 Å². The Morgan fingerprint density at radius 1 is 1.65 bits per heavy atom. The second-order valence-electron chi connectivity index (χ2n) is 6.44. The third-order valence-corrected chi connectivity index (χ3v) is 6.04. The topological polar surface area (TPSA) is 114 Å². The summed E-state index contributed by atoms with van der Waals surface area (Å²) >= 11 is 1.46. The number of amides is 1. The maximum absolute atomic E-state index is 12.5. The zero-order valence-electron chi connectivity index (χ0n) is 14.6. The van der Waals surface area contributed by atoms with Crippen molar-refractivity contribution in [1.82, 2.24) is 9.78 Å². The molecule has 2 aromatic rings. The Kier molecular flexibility index (Phi) is 5.04. The second-order valence-corrected chi connectivity index (χ2v) is 7.54. The number of nitrogens with zero attached hydrogens (tertiary/aromatic N) is 4. The van der Waals surface area contributed by atoms with Gasteiger partial charge in [-0.3, -0.25) is 19.6 Å². The predicted octanol–water partition coefficient (Wildman–Crippen LogP) is 3.44. The fraction of sp³-hybridized carbons (Fsp3) is 0.471. The van der Waals surface area contributed by atoms with Crippen LogP contribution >= 0.6 is 11.3 Å². The molecule has 26 heavy (non-hydrogen) atoms. The normalized spacial score (nSPS) is 17.2. The highest BCUT2D eigenvalue weighted by atomic mass is 32.1. The van der Waals surface area contributed by atoms with E-state index in [4.69, 9.17) is 0 Å². The maximum atomic E-state index is 12.5. The van der Waals surface area contributed by atoms with Gasteiger partial charge in [0.15, 0.2) is 0 Å². The average molecular weight is 373 g/mol. The average Bonchev–Trinajstić information content (AvgIpc) is 3.24. The molecule has 0 bridgehead atoms. The molecule has 1 aliphatic rings. The minimum Gasteiger partial charge on any atom is -0.315 e. The number of rotatable bonds is 5. The first-order valence-electron chi connectivity index (χ1n) is 8.48. The number of carbonyl (C=O) groups is 1. The van der Waals surface area contributed by atoms with E-state index in [9.17, 15) is 20.2 Å². The number of thiophene rings is 1. The van der Waals surface area contributed by atoms with Crippen molar-refractivity contribution in [3.05, 3.63) is 38.5 Å². The lowest BCUT2D eigenvalue weighted by Crippen LogP contribution is -2.24. The second kappa shape index (κ2) is 7.25. The largest absolute Gasteiger partial charge is 0.315 e. The fourth-order valence-corrected chi connectivity index (χ4v) is 4.49. The highest BCUT2D eigenvalue weighted by Gasteiger charge is 2.27. The first-order chi connectivity index (χ1) is 12.4. The molecule has 0 aliphatic heterocycles. The summed E-state index contributed by atoms with van der Waals surface area (Å²) in [4.78, 5) is 23.9. The number of nitriles is 1. The van der Waals surface area contributed by atoms with Crippen LogP contribution in [-0.2, 0) is 17.6 Å². The molecule has 0 fully saturated rings. The van der Waals surface area contributed by atoms with Crippen LogP contribution in [0, 0.1) is 27.4 Å². The number of anilines is 1. The van der Waals surface area contributed by atoms with Crippen LogP contribution in [0.2, 0.25) is 0 Å². The summed E-state index contributed by atoms with van der Waals surface area (Å²) < 4.78 is 1.25. The van der Waals surface area contributed by atoms with Gasteiger partial charge in [0.25, 0.3) is 0 Å². The molecule has 3 rings (SSSR count). The molecule has 0 spiro atoms. The van der Waals surface area contributed by atoms with Gasteiger partial charge in [0.05, 0.1) is 10.5 Å². The summed E-state index contributed by atoms with van der Waals surface area (Å²) in [6.45, 7) is 3.78. The summed E-state index contributed by atoms with van der Waals surface area (Å²) in [5.41, 5.74) is 1.44. The van der Waals surface area contributed by atoms with Crippen LogP contribution in [-0.4, -0.2) is 20.6 Å². The van der Waals surface area contributed by atoms with Gasteiger partial charge in [-0.2, -0.15) is 10.4 Å². The third kappa shape index (κ3) is 3.32. The Morgan fingerprint density at radius 3 is 3.04 bits per heavy atom. The summed E-state index contributed by atoms with van der Waals surface area (Å²) in [7, 11) is 0.